The van der Waals surface area contributed by atoms with Gasteiger partial charge in [-0.3, -0.25) is 14.4 Å². The summed E-state index contributed by atoms with van der Waals surface area (Å²) < 4.78 is 80.9. The second-order valence-corrected chi connectivity index (χ2v) is 11.9. The molecule has 44 heavy (non-hydrogen) atoms. The molecule has 0 saturated heterocycles. The molecule has 15 heteroatoms. The molecule has 1 unspecified atom stereocenters. The number of carbonyl (C=O) groups excluding carboxylic acids is 3. The van der Waals surface area contributed by atoms with Gasteiger partial charge in [0.1, 0.15) is 21.7 Å². The third-order valence-electron chi connectivity index (χ3n) is 7.12. The van der Waals surface area contributed by atoms with Crippen LogP contribution >= 0.6 is 34.8 Å². The van der Waals surface area contributed by atoms with Crippen molar-refractivity contribution in [3.8, 4) is 0 Å². The van der Waals surface area contributed by atoms with Gasteiger partial charge >= 0.3 is 6.18 Å². The van der Waals surface area contributed by atoms with Crippen LogP contribution in [0.1, 0.15) is 47.7 Å². The molecule has 0 bridgehead atoms. The number of hydrogen-bond donors (Lipinski definition) is 3. The second-order valence-electron chi connectivity index (χ2n) is 10.1. The van der Waals surface area contributed by atoms with Gasteiger partial charge < -0.3 is 16.0 Å². The molecule has 3 amide bonds. The van der Waals surface area contributed by atoms with E-state index in [1.54, 1.807) is 13.8 Å². The van der Waals surface area contributed by atoms with Gasteiger partial charge in [-0.2, -0.15) is 13.2 Å². The van der Waals surface area contributed by atoms with Crippen LogP contribution in [0.5, 0.6) is 0 Å². The van der Waals surface area contributed by atoms with Gasteiger partial charge in [-0.1, -0.05) is 31.5 Å². The minimum Gasteiger partial charge on any atom is -0.326 e. The molecule has 3 aromatic carbocycles. The first-order chi connectivity index (χ1) is 20.5. The van der Waals surface area contributed by atoms with E-state index in [2.05, 4.69) is 16.0 Å². The molecular weight excluding hydrogens is 659 g/mol. The normalized spacial score (nSPS) is 17.9. The van der Waals surface area contributed by atoms with Crippen LogP contribution < -0.4 is 16.0 Å². The number of amides is 3. The van der Waals surface area contributed by atoms with Crippen molar-refractivity contribution in [2.75, 3.05) is 16.0 Å². The Morgan fingerprint density at radius 2 is 1.59 bits per heavy atom. The van der Waals surface area contributed by atoms with Crippen molar-refractivity contribution in [2.45, 2.75) is 36.7 Å². The lowest BCUT2D eigenvalue weighted by Crippen LogP contribution is -2.22. The highest BCUT2D eigenvalue weighted by Gasteiger charge is 2.67. The topological polar surface area (TPSA) is 87.3 Å². The predicted octanol–water partition coefficient (Wildman–Crippen LogP) is 8.54. The van der Waals surface area contributed by atoms with Crippen molar-refractivity contribution in [3.63, 3.8) is 0 Å². The Kier molecular flexibility index (Phi) is 9.48. The third-order valence-corrected chi connectivity index (χ3v) is 8.39. The van der Waals surface area contributed by atoms with Crippen LogP contribution in [0.2, 0.25) is 5.02 Å². The Morgan fingerprint density at radius 3 is 2.23 bits per heavy atom. The third kappa shape index (κ3) is 6.77. The molecule has 3 N–H and O–H groups in total. The number of alkyl halides is 5. The molecule has 1 aliphatic rings. The molecule has 1 aliphatic carbocycles. The first kappa shape index (κ1) is 33.4. The standard InChI is InChI=1S/C29H22Cl3F6N3O3/c1-3-12(2)25(42)41-24-19(34)8-9-20(23(24)35)40-26(43)15-11-14(5-6-17(15)30)39-27(44)22-21(28(22,31)32)13-4-7-18(33)16(10-13)29(36,37)38/h4-12,21-22H,3H2,1-2H3,(H,39,44)(H,40,43)(H,41,42)/t12?,21-,22+/m0/s1. The summed E-state index contributed by atoms with van der Waals surface area (Å²) in [6.45, 7) is 3.29. The van der Waals surface area contributed by atoms with Crippen LogP contribution in [0.4, 0.5) is 43.4 Å². The van der Waals surface area contributed by atoms with E-state index in [0.29, 0.717) is 18.6 Å². The fourth-order valence-electron chi connectivity index (χ4n) is 4.40. The fraction of sp³-hybridized carbons (Fsp3) is 0.276. The van der Waals surface area contributed by atoms with Gasteiger partial charge in [0.25, 0.3) is 5.91 Å². The second kappa shape index (κ2) is 12.5. The van der Waals surface area contributed by atoms with Crippen molar-refractivity contribution in [3.05, 3.63) is 87.7 Å². The fourth-order valence-corrected chi connectivity index (χ4v) is 5.43. The minimum atomic E-state index is -4.99. The van der Waals surface area contributed by atoms with Gasteiger partial charge in [0.15, 0.2) is 5.82 Å². The number of carbonyl (C=O) groups is 3. The minimum absolute atomic E-state index is 0.00416. The monoisotopic (exact) mass is 679 g/mol. The summed E-state index contributed by atoms with van der Waals surface area (Å²) in [7, 11) is 0. The van der Waals surface area contributed by atoms with Crippen molar-refractivity contribution < 1.29 is 40.7 Å². The summed E-state index contributed by atoms with van der Waals surface area (Å²) in [4.78, 5) is 38.2. The van der Waals surface area contributed by atoms with Crippen LogP contribution in [0.3, 0.4) is 0 Å². The molecule has 4 rings (SSSR count). The Morgan fingerprint density at radius 1 is 0.932 bits per heavy atom. The number of benzene rings is 3. The Labute approximate surface area is 262 Å². The maximum atomic E-state index is 15.1. The molecule has 1 fully saturated rings. The van der Waals surface area contributed by atoms with E-state index in [4.69, 9.17) is 34.8 Å². The van der Waals surface area contributed by atoms with Gasteiger partial charge in [-0.05, 0) is 54.4 Å². The van der Waals surface area contributed by atoms with E-state index in [9.17, 15) is 36.3 Å². The van der Waals surface area contributed by atoms with E-state index in [1.165, 1.54) is 12.1 Å². The highest BCUT2D eigenvalue weighted by Crippen LogP contribution is 2.65. The van der Waals surface area contributed by atoms with E-state index < -0.39 is 80.4 Å². The first-order valence-corrected chi connectivity index (χ1v) is 14.1. The highest BCUT2D eigenvalue weighted by molar-refractivity contribution is 6.53. The van der Waals surface area contributed by atoms with Crippen LogP contribution in [0, 0.1) is 29.3 Å². The van der Waals surface area contributed by atoms with Gasteiger partial charge in [-0.25, -0.2) is 13.2 Å². The van der Waals surface area contributed by atoms with Crippen LogP contribution in [0.25, 0.3) is 0 Å². The average molecular weight is 681 g/mol. The highest BCUT2D eigenvalue weighted by atomic mass is 35.5. The summed E-state index contributed by atoms with van der Waals surface area (Å²) in [6.07, 6.45) is -4.57. The summed E-state index contributed by atoms with van der Waals surface area (Å²) in [6, 6.07) is 7.64. The predicted molar refractivity (Wildman–Crippen MR) is 155 cm³/mol. The average Bonchev–Trinajstić information content (AvgIpc) is 3.54. The molecule has 6 nitrogen and oxygen atoms in total. The van der Waals surface area contributed by atoms with Gasteiger partial charge in [0, 0.05) is 17.5 Å². The van der Waals surface area contributed by atoms with Crippen molar-refractivity contribution in [2.24, 2.45) is 11.8 Å². The number of halogens is 9. The Balaban J connectivity index is 1.52. The van der Waals surface area contributed by atoms with Crippen molar-refractivity contribution in [1.82, 2.24) is 0 Å². The van der Waals surface area contributed by atoms with Crippen LogP contribution in [-0.4, -0.2) is 22.1 Å². The molecule has 234 valence electrons. The number of rotatable bonds is 8. The number of nitrogens with one attached hydrogen (secondary N) is 3. The molecule has 3 aromatic rings. The lowest BCUT2D eigenvalue weighted by molar-refractivity contribution is -0.140. The lowest BCUT2D eigenvalue weighted by Gasteiger charge is -2.15. The van der Waals surface area contributed by atoms with Gasteiger partial charge in [0.05, 0.1) is 27.8 Å². The largest absolute Gasteiger partial charge is 0.419 e. The zero-order valence-electron chi connectivity index (χ0n) is 22.7. The number of hydrogen-bond acceptors (Lipinski definition) is 3. The Hall–Kier alpha value is -3.48. The van der Waals surface area contributed by atoms with Crippen molar-refractivity contribution >= 4 is 69.6 Å². The van der Waals surface area contributed by atoms with Gasteiger partial charge in [0.2, 0.25) is 11.8 Å². The maximum absolute atomic E-state index is 15.1. The van der Waals surface area contributed by atoms with Crippen LogP contribution in [-0.2, 0) is 15.8 Å². The molecular formula is C29H22Cl3F6N3O3. The summed E-state index contributed by atoms with van der Waals surface area (Å²) >= 11 is 18.6. The summed E-state index contributed by atoms with van der Waals surface area (Å²) in [5.74, 6) is -9.12. The zero-order valence-corrected chi connectivity index (χ0v) is 25.0. The van der Waals surface area contributed by atoms with E-state index >= 15 is 4.39 Å². The molecule has 0 aliphatic heterocycles. The quantitative estimate of drug-likeness (QED) is 0.165. The van der Waals surface area contributed by atoms with E-state index in [1.807, 2.05) is 0 Å². The SMILES string of the molecule is CCC(C)C(=O)Nc1c(F)ccc(NC(=O)c2cc(NC(=O)[C@H]3[C@H](c4ccc(F)c(C(F)(F)F)c4)C3(Cl)Cl)ccc2Cl)c1F. The van der Waals surface area contributed by atoms with Gasteiger partial charge in [-0.15, -0.1) is 23.2 Å². The Bertz CT molecular complexity index is 1650. The molecule has 0 radical (unpaired) electrons. The molecule has 0 heterocycles. The van der Waals surface area contributed by atoms with Crippen molar-refractivity contribution in [1.29, 1.82) is 0 Å². The molecule has 3 atom stereocenters. The molecule has 0 spiro atoms. The van der Waals surface area contributed by atoms with E-state index in [0.717, 1.165) is 24.3 Å². The summed E-state index contributed by atoms with van der Waals surface area (Å²) in [5.41, 5.74) is -3.14. The smallest absolute Gasteiger partial charge is 0.326 e. The van der Waals surface area contributed by atoms with E-state index in [-0.39, 0.29) is 21.8 Å². The zero-order chi connectivity index (χ0) is 32.7. The molecule has 1 saturated carbocycles. The summed E-state index contributed by atoms with van der Waals surface area (Å²) in [5, 5.41) is 6.74. The number of anilines is 3. The molecule has 0 aromatic heterocycles. The lowest BCUT2D eigenvalue weighted by atomic mass is 10.0. The first-order valence-electron chi connectivity index (χ1n) is 12.9. The van der Waals surface area contributed by atoms with Crippen LogP contribution in [0.15, 0.2) is 48.5 Å². The maximum Gasteiger partial charge on any atom is 0.419 e.